The number of carbonyl (C=O) groups excluding carboxylic acids is 1. The van der Waals surface area contributed by atoms with Gasteiger partial charge in [-0.3, -0.25) is 9.79 Å². The molecule has 0 aromatic heterocycles. The SMILES string of the molecule is CC(N)=NC=NCC(=O)N1Cc2ccc(-c3cc(C#N)ccc3F)cc2C1. The third-order valence-corrected chi connectivity index (χ3v) is 4.26. The third-order valence-electron chi connectivity index (χ3n) is 4.26. The molecule has 7 heteroatoms. The minimum atomic E-state index is -0.384. The standard InChI is InChI=1S/C20H18FN5O/c1-13(23)25-12-24-9-20(27)26-10-16-4-3-15(7-17(16)11-26)18-6-14(8-22)2-5-19(18)21/h2-7,12H,9-11H2,1H3,(H2,23,24,25). The van der Waals surface area contributed by atoms with Gasteiger partial charge < -0.3 is 10.6 Å². The molecule has 2 N–H and O–H groups in total. The lowest BCUT2D eigenvalue weighted by Gasteiger charge is -2.13. The molecule has 2 aromatic carbocycles. The van der Waals surface area contributed by atoms with Crippen molar-refractivity contribution in [3.05, 3.63) is 58.9 Å². The number of aliphatic imine (C=N–C) groups is 2. The molecule has 3 rings (SSSR count). The average Bonchev–Trinajstić information content (AvgIpc) is 3.08. The fourth-order valence-electron chi connectivity index (χ4n) is 2.91. The van der Waals surface area contributed by atoms with Gasteiger partial charge in [0, 0.05) is 18.7 Å². The summed E-state index contributed by atoms with van der Waals surface area (Å²) in [7, 11) is 0. The van der Waals surface area contributed by atoms with E-state index < -0.39 is 0 Å². The molecule has 0 fully saturated rings. The minimum Gasteiger partial charge on any atom is -0.387 e. The van der Waals surface area contributed by atoms with E-state index in [9.17, 15) is 9.18 Å². The van der Waals surface area contributed by atoms with Crippen molar-refractivity contribution < 1.29 is 9.18 Å². The van der Waals surface area contributed by atoms with Gasteiger partial charge in [-0.1, -0.05) is 12.1 Å². The number of nitriles is 1. The smallest absolute Gasteiger partial charge is 0.244 e. The van der Waals surface area contributed by atoms with Gasteiger partial charge in [-0.05, 0) is 47.9 Å². The summed E-state index contributed by atoms with van der Waals surface area (Å²) in [6, 6.07) is 11.9. The summed E-state index contributed by atoms with van der Waals surface area (Å²) in [5.41, 5.74) is 8.84. The quantitative estimate of drug-likeness (QED) is 0.668. The fourth-order valence-corrected chi connectivity index (χ4v) is 2.91. The van der Waals surface area contributed by atoms with Crippen molar-refractivity contribution in [2.75, 3.05) is 6.54 Å². The Balaban J connectivity index is 1.76. The van der Waals surface area contributed by atoms with Crippen molar-refractivity contribution in [3.8, 4) is 17.2 Å². The van der Waals surface area contributed by atoms with Crippen LogP contribution in [0.1, 0.15) is 23.6 Å². The van der Waals surface area contributed by atoms with Crippen LogP contribution in [0.15, 0.2) is 46.4 Å². The Morgan fingerprint density at radius 1 is 1.30 bits per heavy atom. The number of rotatable bonds is 4. The summed E-state index contributed by atoms with van der Waals surface area (Å²) in [6.07, 6.45) is 1.28. The molecule has 0 saturated heterocycles. The van der Waals surface area contributed by atoms with E-state index >= 15 is 0 Å². The Morgan fingerprint density at radius 3 is 2.81 bits per heavy atom. The number of fused-ring (bicyclic) bond motifs is 1. The Bertz CT molecular complexity index is 986. The highest BCUT2D eigenvalue weighted by atomic mass is 19.1. The Labute approximate surface area is 156 Å². The van der Waals surface area contributed by atoms with E-state index in [4.69, 9.17) is 11.0 Å². The van der Waals surface area contributed by atoms with Crippen molar-refractivity contribution in [1.29, 1.82) is 5.26 Å². The summed E-state index contributed by atoms with van der Waals surface area (Å²) in [5, 5.41) is 9.03. The summed E-state index contributed by atoms with van der Waals surface area (Å²) >= 11 is 0. The molecule has 27 heavy (non-hydrogen) atoms. The van der Waals surface area contributed by atoms with Crippen LogP contribution in [0.2, 0.25) is 0 Å². The van der Waals surface area contributed by atoms with Gasteiger partial charge in [-0.2, -0.15) is 5.26 Å². The van der Waals surface area contributed by atoms with Crippen LogP contribution in [0.4, 0.5) is 4.39 Å². The van der Waals surface area contributed by atoms with Gasteiger partial charge in [-0.15, -0.1) is 0 Å². The van der Waals surface area contributed by atoms with Crippen LogP contribution in [0.5, 0.6) is 0 Å². The maximum atomic E-state index is 14.2. The lowest BCUT2D eigenvalue weighted by atomic mass is 9.99. The van der Waals surface area contributed by atoms with Crippen molar-refractivity contribution in [1.82, 2.24) is 4.90 Å². The van der Waals surface area contributed by atoms with Crippen LogP contribution < -0.4 is 5.73 Å². The number of amidine groups is 1. The van der Waals surface area contributed by atoms with E-state index in [1.54, 1.807) is 11.8 Å². The average molecular weight is 363 g/mol. The van der Waals surface area contributed by atoms with Gasteiger partial charge in [0.2, 0.25) is 5.91 Å². The number of halogens is 1. The highest BCUT2D eigenvalue weighted by Gasteiger charge is 2.23. The molecule has 0 aliphatic carbocycles. The second-order valence-electron chi connectivity index (χ2n) is 6.27. The van der Waals surface area contributed by atoms with Crippen molar-refractivity contribution in [3.63, 3.8) is 0 Å². The van der Waals surface area contributed by atoms with Crippen LogP contribution in [0.3, 0.4) is 0 Å². The summed E-state index contributed by atoms with van der Waals surface area (Å²) < 4.78 is 14.2. The minimum absolute atomic E-state index is 0.00350. The third kappa shape index (κ3) is 4.18. The van der Waals surface area contributed by atoms with Crippen LogP contribution in [0.25, 0.3) is 11.1 Å². The molecule has 136 valence electrons. The first-order chi connectivity index (χ1) is 13.0. The molecular weight excluding hydrogens is 345 g/mol. The number of amides is 1. The zero-order chi connectivity index (χ0) is 19.4. The van der Waals surface area contributed by atoms with Gasteiger partial charge in [0.15, 0.2) is 0 Å². The highest BCUT2D eigenvalue weighted by molar-refractivity contribution is 5.86. The van der Waals surface area contributed by atoms with Gasteiger partial charge in [-0.25, -0.2) is 9.38 Å². The molecule has 0 atom stereocenters. The summed E-state index contributed by atoms with van der Waals surface area (Å²) in [6.45, 7) is 2.56. The number of carbonyl (C=O) groups is 1. The van der Waals surface area contributed by atoms with E-state index in [-0.39, 0.29) is 18.3 Å². The fraction of sp³-hybridized carbons (Fsp3) is 0.200. The second kappa shape index (κ2) is 7.79. The number of nitrogens with two attached hydrogens (primary N) is 1. The van der Waals surface area contributed by atoms with Crippen molar-refractivity contribution in [2.45, 2.75) is 20.0 Å². The first kappa shape index (κ1) is 18.3. The Hall–Kier alpha value is -3.53. The van der Waals surface area contributed by atoms with Crippen LogP contribution in [-0.2, 0) is 17.9 Å². The van der Waals surface area contributed by atoms with Crippen molar-refractivity contribution in [2.24, 2.45) is 15.7 Å². The molecule has 2 aromatic rings. The molecule has 1 amide bonds. The van der Waals surface area contributed by atoms with Crippen molar-refractivity contribution >= 4 is 18.1 Å². The molecule has 0 bridgehead atoms. The van der Waals surface area contributed by atoms with Crippen LogP contribution in [-0.4, -0.2) is 29.5 Å². The number of benzene rings is 2. The first-order valence-corrected chi connectivity index (χ1v) is 8.35. The molecule has 0 spiro atoms. The lowest BCUT2D eigenvalue weighted by Crippen LogP contribution is -2.27. The maximum Gasteiger partial charge on any atom is 0.244 e. The normalized spacial score (nSPS) is 13.7. The van der Waals surface area contributed by atoms with Gasteiger partial charge in [0.25, 0.3) is 0 Å². The molecule has 0 saturated carbocycles. The highest BCUT2D eigenvalue weighted by Crippen LogP contribution is 2.30. The van der Waals surface area contributed by atoms with Crippen LogP contribution >= 0.6 is 0 Å². The molecule has 0 radical (unpaired) electrons. The largest absolute Gasteiger partial charge is 0.387 e. The predicted molar refractivity (Wildman–Crippen MR) is 101 cm³/mol. The second-order valence-corrected chi connectivity index (χ2v) is 6.27. The predicted octanol–water partition coefficient (Wildman–Crippen LogP) is 2.61. The summed E-state index contributed by atoms with van der Waals surface area (Å²) in [4.78, 5) is 21.7. The first-order valence-electron chi connectivity index (χ1n) is 8.35. The van der Waals surface area contributed by atoms with E-state index in [1.165, 1.54) is 24.5 Å². The van der Waals surface area contributed by atoms with Gasteiger partial charge >= 0.3 is 0 Å². The van der Waals surface area contributed by atoms with E-state index in [2.05, 4.69) is 9.98 Å². The van der Waals surface area contributed by atoms with E-state index in [0.29, 0.717) is 35.6 Å². The molecule has 1 aliphatic rings. The molecule has 0 unspecified atom stereocenters. The topological polar surface area (TPSA) is 94.8 Å². The van der Waals surface area contributed by atoms with Gasteiger partial charge in [0.1, 0.15) is 18.7 Å². The number of nitrogens with zero attached hydrogens (tertiary/aromatic N) is 4. The maximum absolute atomic E-state index is 14.2. The zero-order valence-corrected chi connectivity index (χ0v) is 14.8. The van der Waals surface area contributed by atoms with Gasteiger partial charge in [0.05, 0.1) is 17.5 Å². The molecular formula is C20H18FN5O. The Kier molecular flexibility index (Phi) is 5.27. The monoisotopic (exact) mass is 363 g/mol. The summed E-state index contributed by atoms with van der Waals surface area (Å²) in [5.74, 6) is -0.128. The number of hydrogen-bond acceptors (Lipinski definition) is 3. The molecule has 1 heterocycles. The van der Waals surface area contributed by atoms with Crippen LogP contribution in [0, 0.1) is 17.1 Å². The molecule has 1 aliphatic heterocycles. The lowest BCUT2D eigenvalue weighted by molar-refractivity contribution is -0.130. The van der Waals surface area contributed by atoms with E-state index in [1.807, 2.05) is 24.3 Å². The van der Waals surface area contributed by atoms with E-state index in [0.717, 1.165) is 11.1 Å². The zero-order valence-electron chi connectivity index (χ0n) is 14.8. The number of hydrogen-bond donors (Lipinski definition) is 1. The Morgan fingerprint density at radius 2 is 2.07 bits per heavy atom. The molecule has 6 nitrogen and oxygen atoms in total.